The fraction of sp³-hybridized carbons (Fsp3) is 0.542. The van der Waals surface area contributed by atoms with Crippen molar-refractivity contribution in [3.05, 3.63) is 46.1 Å². The smallest absolute Gasteiger partial charge is 0.338 e. The normalized spacial score (nSPS) is 22.0. The number of rotatable bonds is 6. The number of piperazine rings is 1. The standard InChI is InChI=1S/C24H33ClN4O4/c1-6-33-23(31)20-19(14-28-11-12-29(16(4)13-28)22(30)15(2)3)27(5)24(32)26-21(20)17-9-7-8-10-18(17)25/h7-10,15-16,21H,6,11-14H2,1-5H3,(H,26,32). The second-order valence-electron chi connectivity index (χ2n) is 8.81. The number of nitrogens with one attached hydrogen (secondary N) is 1. The highest BCUT2D eigenvalue weighted by Crippen LogP contribution is 2.35. The monoisotopic (exact) mass is 476 g/mol. The SMILES string of the molecule is CCOC(=O)C1=C(CN2CCN(C(=O)C(C)C)C(C)C2)N(C)C(=O)NC1c1ccccc1Cl. The van der Waals surface area contributed by atoms with E-state index < -0.39 is 12.0 Å². The molecule has 1 aromatic carbocycles. The van der Waals surface area contributed by atoms with E-state index in [9.17, 15) is 14.4 Å². The van der Waals surface area contributed by atoms with Gasteiger partial charge in [-0.1, -0.05) is 43.6 Å². The van der Waals surface area contributed by atoms with Crippen LogP contribution in [-0.4, -0.2) is 78.5 Å². The van der Waals surface area contributed by atoms with Crippen molar-refractivity contribution in [2.45, 2.75) is 39.8 Å². The molecule has 1 saturated heterocycles. The van der Waals surface area contributed by atoms with Gasteiger partial charge in [-0.2, -0.15) is 0 Å². The first kappa shape index (κ1) is 25.1. The molecule has 2 heterocycles. The third kappa shape index (κ3) is 5.33. The third-order valence-corrected chi connectivity index (χ3v) is 6.49. The van der Waals surface area contributed by atoms with E-state index in [2.05, 4.69) is 10.2 Å². The van der Waals surface area contributed by atoms with Crippen molar-refractivity contribution >= 4 is 29.5 Å². The minimum atomic E-state index is -0.710. The van der Waals surface area contributed by atoms with E-state index in [0.717, 1.165) is 0 Å². The number of likely N-dealkylation sites (N-methyl/N-ethyl adjacent to an activating group) is 1. The second kappa shape index (κ2) is 10.6. The summed E-state index contributed by atoms with van der Waals surface area (Å²) in [6.07, 6.45) is 0. The number of carbonyl (C=O) groups excluding carboxylic acids is 3. The van der Waals surface area contributed by atoms with E-state index in [1.807, 2.05) is 31.7 Å². The molecule has 1 fully saturated rings. The Morgan fingerprint density at radius 2 is 1.94 bits per heavy atom. The third-order valence-electron chi connectivity index (χ3n) is 6.15. The van der Waals surface area contributed by atoms with Crippen LogP contribution in [0.1, 0.15) is 39.3 Å². The van der Waals surface area contributed by atoms with E-state index in [1.54, 1.807) is 32.2 Å². The van der Waals surface area contributed by atoms with Gasteiger partial charge in [0, 0.05) is 55.9 Å². The number of urea groups is 1. The first-order valence-electron chi connectivity index (χ1n) is 11.4. The molecule has 180 valence electrons. The molecule has 0 bridgehead atoms. The van der Waals surface area contributed by atoms with Crippen LogP contribution < -0.4 is 5.32 Å². The maximum absolute atomic E-state index is 13.1. The second-order valence-corrected chi connectivity index (χ2v) is 9.22. The Balaban J connectivity index is 1.95. The summed E-state index contributed by atoms with van der Waals surface area (Å²) in [6.45, 7) is 10.1. The van der Waals surface area contributed by atoms with Crippen LogP contribution in [0.15, 0.2) is 35.5 Å². The summed E-state index contributed by atoms with van der Waals surface area (Å²) >= 11 is 6.43. The van der Waals surface area contributed by atoms with Gasteiger partial charge in [0.15, 0.2) is 0 Å². The summed E-state index contributed by atoms with van der Waals surface area (Å²) in [4.78, 5) is 44.0. The van der Waals surface area contributed by atoms with Crippen LogP contribution >= 0.6 is 11.6 Å². The van der Waals surface area contributed by atoms with Crippen molar-refractivity contribution in [1.82, 2.24) is 20.0 Å². The van der Waals surface area contributed by atoms with Crippen molar-refractivity contribution in [2.75, 3.05) is 39.8 Å². The predicted molar refractivity (Wildman–Crippen MR) is 127 cm³/mol. The van der Waals surface area contributed by atoms with Gasteiger partial charge in [-0.05, 0) is 25.5 Å². The van der Waals surface area contributed by atoms with Gasteiger partial charge in [-0.25, -0.2) is 9.59 Å². The molecule has 9 heteroatoms. The molecule has 0 radical (unpaired) electrons. The van der Waals surface area contributed by atoms with E-state index >= 15 is 0 Å². The van der Waals surface area contributed by atoms with Crippen molar-refractivity contribution in [3.63, 3.8) is 0 Å². The maximum Gasteiger partial charge on any atom is 0.338 e. The molecular formula is C24H33ClN4O4. The van der Waals surface area contributed by atoms with Crippen LogP contribution in [0.3, 0.4) is 0 Å². The van der Waals surface area contributed by atoms with Crippen molar-refractivity contribution in [2.24, 2.45) is 5.92 Å². The average Bonchev–Trinajstić information content (AvgIpc) is 2.77. The van der Waals surface area contributed by atoms with Crippen LogP contribution in [0.2, 0.25) is 5.02 Å². The van der Waals surface area contributed by atoms with Crippen molar-refractivity contribution < 1.29 is 19.1 Å². The topological polar surface area (TPSA) is 82.2 Å². The number of nitrogens with zero attached hydrogens (tertiary/aromatic N) is 3. The minimum Gasteiger partial charge on any atom is -0.463 e. The highest BCUT2D eigenvalue weighted by atomic mass is 35.5. The maximum atomic E-state index is 13.1. The molecule has 0 spiro atoms. The molecule has 8 nitrogen and oxygen atoms in total. The highest BCUT2D eigenvalue weighted by molar-refractivity contribution is 6.31. The van der Waals surface area contributed by atoms with Gasteiger partial charge >= 0.3 is 12.0 Å². The van der Waals surface area contributed by atoms with E-state index in [1.165, 1.54) is 4.90 Å². The lowest BCUT2D eigenvalue weighted by molar-refractivity contribution is -0.139. The number of hydrogen-bond donors (Lipinski definition) is 1. The molecule has 2 atom stereocenters. The Morgan fingerprint density at radius 1 is 1.24 bits per heavy atom. The molecule has 3 amide bonds. The van der Waals surface area contributed by atoms with E-state index in [4.69, 9.17) is 16.3 Å². The van der Waals surface area contributed by atoms with Gasteiger partial charge in [-0.3, -0.25) is 14.6 Å². The summed E-state index contributed by atoms with van der Waals surface area (Å²) in [7, 11) is 1.65. The zero-order chi connectivity index (χ0) is 24.3. The molecule has 2 aliphatic rings. The molecule has 1 N–H and O–H groups in total. The average molecular weight is 477 g/mol. The van der Waals surface area contributed by atoms with Gasteiger partial charge < -0.3 is 15.0 Å². The minimum absolute atomic E-state index is 0.0300. The van der Waals surface area contributed by atoms with Crippen LogP contribution in [0.5, 0.6) is 0 Å². The van der Waals surface area contributed by atoms with Crippen LogP contribution in [0, 0.1) is 5.92 Å². The van der Waals surface area contributed by atoms with Crippen molar-refractivity contribution in [3.8, 4) is 0 Å². The summed E-state index contributed by atoms with van der Waals surface area (Å²) in [5, 5.41) is 3.36. The first-order chi connectivity index (χ1) is 15.6. The lowest BCUT2D eigenvalue weighted by atomic mass is 9.94. The summed E-state index contributed by atoms with van der Waals surface area (Å²) < 4.78 is 5.38. The van der Waals surface area contributed by atoms with E-state index in [0.29, 0.717) is 48.0 Å². The zero-order valence-electron chi connectivity index (χ0n) is 19.9. The number of halogens is 1. The van der Waals surface area contributed by atoms with Crippen LogP contribution in [0.4, 0.5) is 4.79 Å². The number of carbonyl (C=O) groups is 3. The summed E-state index contributed by atoms with van der Waals surface area (Å²) in [6, 6.07) is 6.16. The molecule has 0 saturated carbocycles. The zero-order valence-corrected chi connectivity index (χ0v) is 20.7. The van der Waals surface area contributed by atoms with Gasteiger partial charge in [0.2, 0.25) is 5.91 Å². The summed E-state index contributed by atoms with van der Waals surface area (Å²) in [5.41, 5.74) is 1.60. The Morgan fingerprint density at radius 3 is 2.55 bits per heavy atom. The van der Waals surface area contributed by atoms with Crippen LogP contribution in [0.25, 0.3) is 0 Å². The molecule has 2 aliphatic heterocycles. The molecule has 1 aromatic rings. The number of ether oxygens (including phenoxy) is 1. The molecule has 0 aliphatic carbocycles. The number of amides is 3. The Labute approximate surface area is 200 Å². The van der Waals surface area contributed by atoms with Gasteiger partial charge in [0.05, 0.1) is 18.2 Å². The Hall–Kier alpha value is -2.58. The number of esters is 1. The lowest BCUT2D eigenvalue weighted by Gasteiger charge is -2.43. The fourth-order valence-electron chi connectivity index (χ4n) is 4.39. The molecule has 2 unspecified atom stereocenters. The van der Waals surface area contributed by atoms with Gasteiger partial charge in [0.25, 0.3) is 0 Å². The Kier molecular flexibility index (Phi) is 8.02. The molecule has 3 rings (SSSR count). The van der Waals surface area contributed by atoms with Gasteiger partial charge in [-0.15, -0.1) is 0 Å². The Bertz CT molecular complexity index is 948. The number of benzene rings is 1. The largest absolute Gasteiger partial charge is 0.463 e. The predicted octanol–water partition coefficient (Wildman–Crippen LogP) is 3.04. The highest BCUT2D eigenvalue weighted by Gasteiger charge is 2.39. The van der Waals surface area contributed by atoms with Crippen LogP contribution in [-0.2, 0) is 14.3 Å². The fourth-order valence-corrected chi connectivity index (χ4v) is 4.63. The van der Waals surface area contributed by atoms with E-state index in [-0.39, 0.29) is 30.5 Å². The van der Waals surface area contributed by atoms with Crippen molar-refractivity contribution in [1.29, 1.82) is 0 Å². The first-order valence-corrected chi connectivity index (χ1v) is 11.7. The van der Waals surface area contributed by atoms with Gasteiger partial charge in [0.1, 0.15) is 0 Å². The quantitative estimate of drug-likeness (QED) is 0.638. The summed E-state index contributed by atoms with van der Waals surface area (Å²) in [5.74, 6) is -0.394. The lowest BCUT2D eigenvalue weighted by Crippen LogP contribution is -2.56. The molecule has 0 aromatic heterocycles. The molecule has 33 heavy (non-hydrogen) atoms. The molecular weight excluding hydrogens is 444 g/mol. The number of hydrogen-bond acceptors (Lipinski definition) is 5.